The van der Waals surface area contributed by atoms with E-state index < -0.39 is 17.5 Å². The second kappa shape index (κ2) is 8.79. The Morgan fingerprint density at radius 3 is 2.65 bits per heavy atom. The normalized spacial score (nSPS) is 36.0. The molecule has 0 aromatic rings. The number of aliphatic carboxylic acids is 1. The molecule has 1 aliphatic heterocycles. The molecular weight excluding hydrogens is 396 g/mol. The van der Waals surface area contributed by atoms with Crippen LogP contribution < -0.4 is 0 Å². The second-order valence-electron chi connectivity index (χ2n) is 10.2. The first-order valence-corrected chi connectivity index (χ1v) is 11.5. The highest BCUT2D eigenvalue weighted by molar-refractivity contribution is 5.89. The number of hydrogen-bond donors (Lipinski definition) is 1. The third-order valence-corrected chi connectivity index (χ3v) is 8.44. The van der Waals surface area contributed by atoms with Crippen LogP contribution in [0.5, 0.6) is 0 Å². The van der Waals surface area contributed by atoms with Crippen LogP contribution in [0.2, 0.25) is 0 Å². The third-order valence-electron chi connectivity index (χ3n) is 8.44. The minimum Gasteiger partial charge on any atom is -0.478 e. The van der Waals surface area contributed by atoms with Crippen molar-refractivity contribution in [3.8, 4) is 0 Å². The summed E-state index contributed by atoms with van der Waals surface area (Å²) < 4.78 is 10.8. The number of esters is 2. The van der Waals surface area contributed by atoms with E-state index >= 15 is 0 Å². The number of carboxylic acids is 1. The summed E-state index contributed by atoms with van der Waals surface area (Å²) in [5.74, 6) is -1.23. The quantitative estimate of drug-likeness (QED) is 0.588. The first-order valence-electron chi connectivity index (χ1n) is 11.5. The lowest BCUT2D eigenvalue weighted by atomic mass is 9.46. The molecule has 2 aliphatic carbocycles. The highest BCUT2D eigenvalue weighted by Crippen LogP contribution is 2.62. The van der Waals surface area contributed by atoms with Crippen LogP contribution in [0.3, 0.4) is 0 Å². The molecule has 172 valence electrons. The first-order chi connectivity index (χ1) is 14.5. The van der Waals surface area contributed by atoms with Gasteiger partial charge in [-0.05, 0) is 67.4 Å². The Hall–Kier alpha value is -2.11. The molecule has 1 N–H and O–H groups in total. The highest BCUT2D eigenvalue weighted by Gasteiger charge is 2.57. The van der Waals surface area contributed by atoms with Gasteiger partial charge in [0, 0.05) is 17.1 Å². The van der Waals surface area contributed by atoms with Crippen LogP contribution in [0, 0.1) is 28.6 Å². The zero-order valence-corrected chi connectivity index (χ0v) is 19.4. The summed E-state index contributed by atoms with van der Waals surface area (Å²) in [6.45, 7) is 10.7. The fourth-order valence-corrected chi connectivity index (χ4v) is 5.86. The zero-order valence-electron chi connectivity index (χ0n) is 19.4. The Labute approximate surface area is 185 Å². The highest BCUT2D eigenvalue weighted by atomic mass is 16.5. The predicted molar refractivity (Wildman–Crippen MR) is 116 cm³/mol. The molecule has 0 saturated heterocycles. The lowest BCUT2D eigenvalue weighted by molar-refractivity contribution is -0.157. The SMILES string of the molecule is CCC(C)C(=O)OC1C=C(C(=O)O)C2(C)CCC(C)C(C)(CCC3=CC(=O)OC3)C2C1. The molecule has 31 heavy (non-hydrogen) atoms. The van der Waals surface area contributed by atoms with Crippen LogP contribution >= 0.6 is 0 Å². The van der Waals surface area contributed by atoms with Crippen molar-refractivity contribution in [2.45, 2.75) is 79.2 Å². The molecule has 6 heteroatoms. The third kappa shape index (κ3) is 4.44. The molecule has 0 amide bonds. The van der Waals surface area contributed by atoms with Gasteiger partial charge in [0.15, 0.2) is 0 Å². The van der Waals surface area contributed by atoms with Gasteiger partial charge in [-0.15, -0.1) is 0 Å². The van der Waals surface area contributed by atoms with Crippen molar-refractivity contribution < 1.29 is 29.0 Å². The molecule has 1 heterocycles. The van der Waals surface area contributed by atoms with Gasteiger partial charge in [-0.3, -0.25) is 4.79 Å². The Kier molecular flexibility index (Phi) is 6.68. The van der Waals surface area contributed by atoms with E-state index in [1.807, 2.05) is 13.8 Å². The Balaban J connectivity index is 1.91. The number of carbonyl (C=O) groups is 3. The molecule has 0 radical (unpaired) electrons. The standard InChI is InChI=1S/C25H36O6/c1-6-15(2)23(29)31-18-12-19(22(27)28)25(5)9-7-16(3)24(4,20(25)13-18)10-8-17-11-21(26)30-14-17/h11-12,15-16,18,20H,6-10,13-14H2,1-5H3,(H,27,28). The number of ether oxygens (including phenoxy) is 2. The summed E-state index contributed by atoms with van der Waals surface area (Å²) in [5.41, 5.74) is 0.760. The van der Waals surface area contributed by atoms with Gasteiger partial charge in [-0.25, -0.2) is 9.59 Å². The summed E-state index contributed by atoms with van der Waals surface area (Å²) in [6, 6.07) is 0. The Bertz CT molecular complexity index is 811. The number of carbonyl (C=O) groups excluding carboxylic acids is 2. The molecule has 3 rings (SSSR count). The second-order valence-corrected chi connectivity index (χ2v) is 10.2. The number of carboxylic acid groups (broad SMARTS) is 1. The monoisotopic (exact) mass is 432 g/mol. The molecule has 0 aromatic carbocycles. The molecule has 1 saturated carbocycles. The van der Waals surface area contributed by atoms with Crippen LogP contribution in [0.4, 0.5) is 0 Å². The minimum atomic E-state index is -0.925. The minimum absolute atomic E-state index is 0.0632. The lowest BCUT2D eigenvalue weighted by Gasteiger charge is -2.58. The molecule has 6 unspecified atom stereocenters. The van der Waals surface area contributed by atoms with Crippen LogP contribution in [0.25, 0.3) is 0 Å². The van der Waals surface area contributed by atoms with Gasteiger partial charge >= 0.3 is 17.9 Å². The van der Waals surface area contributed by atoms with Gasteiger partial charge < -0.3 is 14.6 Å². The van der Waals surface area contributed by atoms with E-state index in [4.69, 9.17) is 9.47 Å². The van der Waals surface area contributed by atoms with E-state index in [0.717, 1.165) is 31.3 Å². The molecule has 0 bridgehead atoms. The van der Waals surface area contributed by atoms with Crippen molar-refractivity contribution in [2.24, 2.45) is 28.6 Å². The van der Waals surface area contributed by atoms with Gasteiger partial charge in [-0.2, -0.15) is 0 Å². The molecule has 0 aromatic heterocycles. The lowest BCUT2D eigenvalue weighted by Crippen LogP contribution is -2.53. The maximum Gasteiger partial charge on any atom is 0.331 e. The molecule has 0 spiro atoms. The van der Waals surface area contributed by atoms with Crippen molar-refractivity contribution in [3.63, 3.8) is 0 Å². The maximum atomic E-state index is 12.5. The molecule has 6 nitrogen and oxygen atoms in total. The van der Waals surface area contributed by atoms with Gasteiger partial charge in [0.05, 0.1) is 5.92 Å². The van der Waals surface area contributed by atoms with Gasteiger partial charge in [0.25, 0.3) is 0 Å². The van der Waals surface area contributed by atoms with Crippen LogP contribution in [-0.4, -0.2) is 35.7 Å². The fourth-order valence-electron chi connectivity index (χ4n) is 5.86. The molecule has 6 atom stereocenters. The van der Waals surface area contributed by atoms with E-state index in [-0.39, 0.29) is 29.2 Å². The first kappa shape index (κ1) is 23.6. The van der Waals surface area contributed by atoms with E-state index in [1.165, 1.54) is 0 Å². The number of cyclic esters (lactones) is 1. The van der Waals surface area contributed by atoms with Crippen molar-refractivity contribution in [2.75, 3.05) is 6.61 Å². The predicted octanol–water partition coefficient (Wildman–Crippen LogP) is 4.68. The van der Waals surface area contributed by atoms with Crippen LogP contribution in [0.1, 0.15) is 73.1 Å². The van der Waals surface area contributed by atoms with Crippen molar-refractivity contribution in [1.29, 1.82) is 0 Å². The number of fused-ring (bicyclic) bond motifs is 1. The van der Waals surface area contributed by atoms with Crippen molar-refractivity contribution in [1.82, 2.24) is 0 Å². The van der Waals surface area contributed by atoms with E-state index in [1.54, 1.807) is 12.2 Å². The summed E-state index contributed by atoms with van der Waals surface area (Å²) in [6.07, 6.45) is 7.40. The van der Waals surface area contributed by atoms with E-state index in [9.17, 15) is 19.5 Å². The zero-order chi connectivity index (χ0) is 23.0. The molecule has 1 fully saturated rings. The van der Waals surface area contributed by atoms with Crippen LogP contribution in [0.15, 0.2) is 23.3 Å². The van der Waals surface area contributed by atoms with E-state index in [0.29, 0.717) is 30.9 Å². The Morgan fingerprint density at radius 2 is 2.06 bits per heavy atom. The molecular formula is C25H36O6. The topological polar surface area (TPSA) is 89.9 Å². The van der Waals surface area contributed by atoms with Gasteiger partial charge in [0.1, 0.15) is 12.7 Å². The summed E-state index contributed by atoms with van der Waals surface area (Å²) >= 11 is 0. The number of hydrogen-bond acceptors (Lipinski definition) is 5. The smallest absolute Gasteiger partial charge is 0.331 e. The van der Waals surface area contributed by atoms with Crippen molar-refractivity contribution in [3.05, 3.63) is 23.3 Å². The Morgan fingerprint density at radius 1 is 1.35 bits per heavy atom. The fraction of sp³-hybridized carbons (Fsp3) is 0.720. The van der Waals surface area contributed by atoms with Gasteiger partial charge in [0.2, 0.25) is 0 Å². The van der Waals surface area contributed by atoms with Gasteiger partial charge in [-0.1, -0.05) is 34.6 Å². The van der Waals surface area contributed by atoms with Crippen LogP contribution in [-0.2, 0) is 23.9 Å². The summed E-state index contributed by atoms with van der Waals surface area (Å²) in [4.78, 5) is 36.2. The summed E-state index contributed by atoms with van der Waals surface area (Å²) in [5, 5.41) is 10.0. The maximum absolute atomic E-state index is 12.5. The summed E-state index contributed by atoms with van der Waals surface area (Å²) in [7, 11) is 0. The van der Waals surface area contributed by atoms with Crippen molar-refractivity contribution >= 4 is 17.9 Å². The van der Waals surface area contributed by atoms with E-state index in [2.05, 4.69) is 20.8 Å². The largest absolute Gasteiger partial charge is 0.478 e. The average Bonchev–Trinajstić information content (AvgIpc) is 3.14. The average molecular weight is 433 g/mol. The molecule has 3 aliphatic rings. The number of rotatable bonds is 7.